The summed E-state index contributed by atoms with van der Waals surface area (Å²) < 4.78 is 4.04. The predicted molar refractivity (Wildman–Crippen MR) is 82.3 cm³/mol. The van der Waals surface area contributed by atoms with Crippen LogP contribution in [0.3, 0.4) is 0 Å². The lowest BCUT2D eigenvalue weighted by molar-refractivity contribution is 0.502. The van der Waals surface area contributed by atoms with Crippen molar-refractivity contribution in [3.05, 3.63) is 33.0 Å². The number of hydrogen-bond donors (Lipinski definition) is 1. The topological polar surface area (TPSA) is 55.6 Å². The first-order valence-electron chi connectivity index (χ1n) is 6.74. The Bertz CT molecular complexity index is 724. The fourth-order valence-corrected chi connectivity index (χ4v) is 2.23. The van der Waals surface area contributed by atoms with Crippen molar-refractivity contribution in [2.75, 3.05) is 0 Å². The van der Waals surface area contributed by atoms with Gasteiger partial charge in [-0.05, 0) is 43.6 Å². The van der Waals surface area contributed by atoms with E-state index in [0.717, 1.165) is 18.7 Å². The van der Waals surface area contributed by atoms with E-state index in [9.17, 15) is 4.79 Å². The molecule has 0 unspecified atom stereocenters. The van der Waals surface area contributed by atoms with Crippen molar-refractivity contribution in [3.8, 4) is 11.4 Å². The van der Waals surface area contributed by atoms with Crippen LogP contribution >= 0.6 is 12.2 Å². The van der Waals surface area contributed by atoms with Crippen LogP contribution < -0.4 is 5.56 Å². The molecule has 0 aliphatic rings. The zero-order chi connectivity index (χ0) is 14.9. The van der Waals surface area contributed by atoms with Crippen molar-refractivity contribution in [3.63, 3.8) is 0 Å². The maximum absolute atomic E-state index is 12.6. The third-order valence-corrected chi connectivity index (χ3v) is 3.81. The van der Waals surface area contributed by atoms with Crippen LogP contribution in [0.4, 0.5) is 0 Å². The normalized spacial score (nSPS) is 11.2. The highest BCUT2D eigenvalue weighted by molar-refractivity contribution is 7.71. The zero-order valence-electron chi connectivity index (χ0n) is 12.3. The molecule has 2 aromatic rings. The molecule has 0 aliphatic heterocycles. The molecule has 0 fully saturated rings. The number of H-pyrrole nitrogens is 1. The van der Waals surface area contributed by atoms with Crippen LogP contribution in [0.1, 0.15) is 26.0 Å². The van der Waals surface area contributed by atoms with Crippen LogP contribution in [0.2, 0.25) is 0 Å². The molecular weight excluding hydrogens is 272 g/mol. The van der Waals surface area contributed by atoms with Crippen molar-refractivity contribution in [1.29, 1.82) is 0 Å². The van der Waals surface area contributed by atoms with Gasteiger partial charge in [0.25, 0.3) is 5.56 Å². The lowest BCUT2D eigenvalue weighted by Gasteiger charge is -2.13. The molecule has 1 N–H and O–H groups in total. The third kappa shape index (κ3) is 2.75. The minimum absolute atomic E-state index is 0.0113. The molecule has 108 valence electrons. The van der Waals surface area contributed by atoms with E-state index in [1.807, 2.05) is 23.6 Å². The maximum atomic E-state index is 12.6. The molecular formula is C14H20N4OS. The van der Waals surface area contributed by atoms with Gasteiger partial charge in [-0.25, -0.2) is 0 Å². The zero-order valence-corrected chi connectivity index (χ0v) is 13.1. The molecule has 0 atom stereocenters. The fraction of sp³-hybridized carbons (Fsp3) is 0.500. The summed E-state index contributed by atoms with van der Waals surface area (Å²) in [5.74, 6) is 1.14. The van der Waals surface area contributed by atoms with Crippen LogP contribution in [0.5, 0.6) is 0 Å². The van der Waals surface area contributed by atoms with Gasteiger partial charge in [-0.3, -0.25) is 9.89 Å². The van der Waals surface area contributed by atoms with E-state index in [0.29, 0.717) is 22.1 Å². The van der Waals surface area contributed by atoms with Crippen molar-refractivity contribution >= 4 is 12.2 Å². The lowest BCUT2D eigenvalue weighted by Crippen LogP contribution is -2.25. The van der Waals surface area contributed by atoms with E-state index < -0.39 is 0 Å². The molecule has 0 aromatic carbocycles. The Morgan fingerprint density at radius 3 is 2.65 bits per heavy atom. The average Bonchev–Trinajstić information content (AvgIpc) is 2.70. The van der Waals surface area contributed by atoms with E-state index in [1.165, 1.54) is 0 Å². The summed E-state index contributed by atoms with van der Waals surface area (Å²) in [5, 5.41) is 6.86. The third-order valence-electron chi connectivity index (χ3n) is 3.44. The van der Waals surface area contributed by atoms with E-state index >= 15 is 0 Å². The van der Waals surface area contributed by atoms with Crippen molar-refractivity contribution < 1.29 is 0 Å². The number of pyridine rings is 1. The van der Waals surface area contributed by atoms with Crippen LogP contribution in [0, 0.1) is 17.6 Å². The van der Waals surface area contributed by atoms with Crippen LogP contribution in [-0.2, 0) is 13.6 Å². The smallest absolute Gasteiger partial charge is 0.261 e. The van der Waals surface area contributed by atoms with Gasteiger partial charge in [-0.2, -0.15) is 5.10 Å². The largest absolute Gasteiger partial charge is 0.312 e. The minimum atomic E-state index is -0.0113. The number of hydrogen-bond acceptors (Lipinski definition) is 3. The highest BCUT2D eigenvalue weighted by atomic mass is 32.1. The molecule has 20 heavy (non-hydrogen) atoms. The van der Waals surface area contributed by atoms with Gasteiger partial charge in [0.15, 0.2) is 10.6 Å². The van der Waals surface area contributed by atoms with Crippen molar-refractivity contribution in [1.82, 2.24) is 19.3 Å². The van der Waals surface area contributed by atoms with E-state index in [4.69, 9.17) is 12.2 Å². The maximum Gasteiger partial charge on any atom is 0.261 e. The number of aromatic amines is 1. The summed E-state index contributed by atoms with van der Waals surface area (Å²) in [5.41, 5.74) is 1.54. The first kappa shape index (κ1) is 14.7. The van der Waals surface area contributed by atoms with Gasteiger partial charge in [0.2, 0.25) is 0 Å². The monoisotopic (exact) mass is 292 g/mol. The van der Waals surface area contributed by atoms with Crippen molar-refractivity contribution in [2.24, 2.45) is 13.0 Å². The van der Waals surface area contributed by atoms with Crippen molar-refractivity contribution in [2.45, 2.75) is 33.7 Å². The highest BCUT2D eigenvalue weighted by Gasteiger charge is 2.13. The second-order valence-corrected chi connectivity index (χ2v) is 5.83. The number of aromatic nitrogens is 4. The second kappa shape index (κ2) is 5.75. The summed E-state index contributed by atoms with van der Waals surface area (Å²) in [6, 6.07) is 3.77. The number of aryl methyl sites for hydroxylation is 1. The van der Waals surface area contributed by atoms with Gasteiger partial charge in [-0.1, -0.05) is 13.8 Å². The summed E-state index contributed by atoms with van der Waals surface area (Å²) >= 11 is 5.10. The molecule has 0 bridgehead atoms. The predicted octanol–water partition coefficient (Wildman–Crippen LogP) is 2.66. The highest BCUT2D eigenvalue weighted by Crippen LogP contribution is 2.13. The number of rotatable bonds is 4. The molecule has 0 saturated heterocycles. The molecule has 0 aliphatic carbocycles. The van der Waals surface area contributed by atoms with Crippen LogP contribution in [-0.4, -0.2) is 19.3 Å². The molecule has 0 radical (unpaired) electrons. The quantitative estimate of drug-likeness (QED) is 0.881. The second-order valence-electron chi connectivity index (χ2n) is 5.44. The average molecular weight is 292 g/mol. The Morgan fingerprint density at radius 2 is 2.10 bits per heavy atom. The first-order valence-corrected chi connectivity index (χ1v) is 7.15. The van der Waals surface area contributed by atoms with Gasteiger partial charge >= 0.3 is 0 Å². The fourth-order valence-electron chi connectivity index (χ4n) is 2.09. The van der Waals surface area contributed by atoms with Gasteiger partial charge < -0.3 is 9.13 Å². The molecule has 2 rings (SSSR count). The van der Waals surface area contributed by atoms with Gasteiger partial charge in [-0.15, -0.1) is 0 Å². The summed E-state index contributed by atoms with van der Waals surface area (Å²) in [6.07, 6.45) is 0.975. The van der Waals surface area contributed by atoms with Gasteiger partial charge in [0, 0.05) is 19.3 Å². The van der Waals surface area contributed by atoms with Gasteiger partial charge in [0.1, 0.15) is 0 Å². The summed E-state index contributed by atoms with van der Waals surface area (Å²) in [7, 11) is 1.80. The van der Waals surface area contributed by atoms with Gasteiger partial charge in [0.05, 0.1) is 5.56 Å². The molecule has 0 saturated carbocycles. The summed E-state index contributed by atoms with van der Waals surface area (Å²) in [6.45, 7) is 6.99. The molecule has 2 heterocycles. The Hall–Kier alpha value is -1.69. The number of nitrogens with zero attached hydrogens (tertiary/aromatic N) is 3. The van der Waals surface area contributed by atoms with Crippen LogP contribution in [0.25, 0.3) is 11.4 Å². The Labute approximate surface area is 123 Å². The van der Waals surface area contributed by atoms with E-state index in [2.05, 4.69) is 24.0 Å². The molecule has 6 heteroatoms. The molecule has 0 spiro atoms. The lowest BCUT2D eigenvalue weighted by atomic mass is 10.1. The standard InChI is InChI=1S/C14H20N4OS/c1-9(2)7-8-18-10(3)5-6-11(13(18)19)12-15-16-14(20)17(12)4/h5-6,9H,7-8H2,1-4H3,(H,16,20). The molecule has 5 nitrogen and oxygen atoms in total. The van der Waals surface area contributed by atoms with Crippen LogP contribution in [0.15, 0.2) is 16.9 Å². The number of nitrogens with one attached hydrogen (secondary N) is 1. The Morgan fingerprint density at radius 1 is 1.40 bits per heavy atom. The molecule has 0 amide bonds. The van der Waals surface area contributed by atoms with E-state index in [-0.39, 0.29) is 5.56 Å². The summed E-state index contributed by atoms with van der Waals surface area (Å²) in [4.78, 5) is 12.6. The SMILES string of the molecule is Cc1ccc(-c2n[nH]c(=S)n2C)c(=O)n1CCC(C)C. The first-order chi connectivity index (χ1) is 9.41. The minimum Gasteiger partial charge on any atom is -0.312 e. The Kier molecular flexibility index (Phi) is 4.23. The van der Waals surface area contributed by atoms with E-state index in [1.54, 1.807) is 11.6 Å². The molecule has 2 aromatic heterocycles. The Balaban J connectivity index is 2.51.